The Labute approximate surface area is 132 Å². The van der Waals surface area contributed by atoms with Gasteiger partial charge < -0.3 is 10.1 Å². The zero-order valence-electron chi connectivity index (χ0n) is 12.7. The number of rotatable bonds is 4. The highest BCUT2D eigenvalue weighted by Crippen LogP contribution is 2.30. The fourth-order valence-electron chi connectivity index (χ4n) is 2.57. The Bertz CT molecular complexity index is 646. The molecule has 0 spiro atoms. The van der Waals surface area contributed by atoms with Crippen LogP contribution >= 0.6 is 11.3 Å². The van der Waals surface area contributed by atoms with Gasteiger partial charge >= 0.3 is 0 Å². The Hall–Kier alpha value is -1.80. The number of carbonyl (C=O) groups is 1. The summed E-state index contributed by atoms with van der Waals surface area (Å²) in [6, 6.07) is 0. The van der Waals surface area contributed by atoms with Crippen molar-refractivity contribution < 1.29 is 9.53 Å². The predicted molar refractivity (Wildman–Crippen MR) is 82.4 cm³/mol. The van der Waals surface area contributed by atoms with Crippen molar-refractivity contribution in [3.05, 3.63) is 22.3 Å². The molecular weight excluding hydrogens is 302 g/mol. The Morgan fingerprint density at radius 2 is 2.23 bits per heavy atom. The van der Waals surface area contributed by atoms with Crippen LogP contribution in [0.2, 0.25) is 0 Å². The topological polar surface area (TPSA) is 81.9 Å². The third-order valence-corrected chi connectivity index (χ3v) is 5.24. The second kappa shape index (κ2) is 6.53. The Morgan fingerprint density at radius 3 is 2.91 bits per heavy atom. The predicted octanol–water partition coefficient (Wildman–Crippen LogP) is 1.50. The maximum atomic E-state index is 12.6. The van der Waals surface area contributed by atoms with E-state index >= 15 is 0 Å². The summed E-state index contributed by atoms with van der Waals surface area (Å²) in [5.74, 6) is 0.438. The Kier molecular flexibility index (Phi) is 4.49. The monoisotopic (exact) mass is 321 g/mol. The fraction of sp³-hybridized carbons (Fsp3) is 0.571. The molecule has 0 unspecified atom stereocenters. The van der Waals surface area contributed by atoms with Crippen molar-refractivity contribution in [1.29, 1.82) is 0 Å². The lowest BCUT2D eigenvalue weighted by Gasteiger charge is -2.22. The van der Waals surface area contributed by atoms with Gasteiger partial charge in [0.1, 0.15) is 11.3 Å². The van der Waals surface area contributed by atoms with E-state index in [9.17, 15) is 4.79 Å². The molecule has 3 rings (SSSR count). The van der Waals surface area contributed by atoms with Crippen molar-refractivity contribution in [2.75, 3.05) is 19.8 Å². The number of nitrogens with one attached hydrogen (secondary N) is 1. The molecule has 22 heavy (non-hydrogen) atoms. The van der Waals surface area contributed by atoms with Gasteiger partial charge in [-0.1, -0.05) is 0 Å². The van der Waals surface area contributed by atoms with E-state index in [0.717, 1.165) is 41.5 Å². The number of hydrogen-bond donors (Lipinski definition) is 1. The molecule has 2 aromatic heterocycles. The summed E-state index contributed by atoms with van der Waals surface area (Å²) in [6.45, 7) is 6.22. The largest absolute Gasteiger partial charge is 0.381 e. The summed E-state index contributed by atoms with van der Waals surface area (Å²) in [7, 11) is 0. The summed E-state index contributed by atoms with van der Waals surface area (Å²) in [6.07, 6.45) is 3.52. The van der Waals surface area contributed by atoms with E-state index < -0.39 is 0 Å². The molecule has 8 heteroatoms. The van der Waals surface area contributed by atoms with Crippen LogP contribution in [0.25, 0.3) is 5.00 Å². The van der Waals surface area contributed by atoms with Crippen LogP contribution in [0.4, 0.5) is 0 Å². The minimum Gasteiger partial charge on any atom is -0.381 e. The molecular formula is C14H19N5O2S. The second-order valence-electron chi connectivity index (χ2n) is 5.48. The van der Waals surface area contributed by atoms with Gasteiger partial charge in [-0.2, -0.15) is 4.68 Å². The summed E-state index contributed by atoms with van der Waals surface area (Å²) >= 11 is 1.53. The van der Waals surface area contributed by atoms with Gasteiger partial charge in [0, 0.05) is 24.6 Å². The lowest BCUT2D eigenvalue weighted by atomic mass is 10.0. The molecule has 0 saturated carbocycles. The molecule has 0 radical (unpaired) electrons. The molecule has 0 bridgehead atoms. The molecule has 1 amide bonds. The molecule has 2 aromatic rings. The smallest absolute Gasteiger partial charge is 0.254 e. The van der Waals surface area contributed by atoms with Crippen LogP contribution in [-0.2, 0) is 4.74 Å². The highest BCUT2D eigenvalue weighted by atomic mass is 32.1. The van der Waals surface area contributed by atoms with Crippen LogP contribution < -0.4 is 5.32 Å². The molecule has 0 aliphatic carbocycles. The van der Waals surface area contributed by atoms with E-state index in [1.54, 1.807) is 4.68 Å². The Morgan fingerprint density at radius 1 is 1.45 bits per heavy atom. The number of amides is 1. The van der Waals surface area contributed by atoms with Crippen LogP contribution in [0.3, 0.4) is 0 Å². The lowest BCUT2D eigenvalue weighted by molar-refractivity contribution is 0.0642. The number of thiophene rings is 1. The first kappa shape index (κ1) is 15.1. The molecule has 7 nitrogen and oxygen atoms in total. The standard InChI is InChI=1S/C14H19N5O2S/c1-9-10(2)22-14(19-8-16-17-18-19)12(9)13(20)15-7-11-3-5-21-6-4-11/h8,11H,3-7H2,1-2H3,(H,15,20). The van der Waals surface area contributed by atoms with Crippen molar-refractivity contribution in [2.24, 2.45) is 5.92 Å². The van der Waals surface area contributed by atoms with Gasteiger partial charge in [-0.3, -0.25) is 4.79 Å². The summed E-state index contributed by atoms with van der Waals surface area (Å²) in [5.41, 5.74) is 1.65. The highest BCUT2D eigenvalue weighted by molar-refractivity contribution is 7.15. The zero-order chi connectivity index (χ0) is 15.5. The molecule has 1 saturated heterocycles. The molecule has 1 aliphatic heterocycles. The van der Waals surface area contributed by atoms with Gasteiger partial charge in [-0.15, -0.1) is 16.4 Å². The van der Waals surface area contributed by atoms with Crippen LogP contribution in [0.1, 0.15) is 33.6 Å². The number of ether oxygens (including phenoxy) is 1. The van der Waals surface area contributed by atoms with Crippen LogP contribution in [0, 0.1) is 19.8 Å². The molecule has 1 N–H and O–H groups in total. The maximum Gasteiger partial charge on any atom is 0.254 e. The molecule has 3 heterocycles. The molecule has 0 aromatic carbocycles. The first-order chi connectivity index (χ1) is 10.7. The van der Waals surface area contributed by atoms with E-state index in [1.165, 1.54) is 17.7 Å². The highest BCUT2D eigenvalue weighted by Gasteiger charge is 2.22. The number of nitrogens with zero attached hydrogens (tertiary/aromatic N) is 4. The average molecular weight is 321 g/mol. The normalized spacial score (nSPS) is 15.9. The van der Waals surface area contributed by atoms with Gasteiger partial charge in [0.05, 0.1) is 5.56 Å². The van der Waals surface area contributed by atoms with E-state index in [4.69, 9.17) is 4.74 Å². The third kappa shape index (κ3) is 3.02. The van der Waals surface area contributed by atoms with E-state index in [0.29, 0.717) is 18.0 Å². The first-order valence-electron chi connectivity index (χ1n) is 7.36. The third-order valence-electron chi connectivity index (χ3n) is 4.04. The van der Waals surface area contributed by atoms with Crippen molar-refractivity contribution in [3.63, 3.8) is 0 Å². The minimum atomic E-state index is -0.0566. The average Bonchev–Trinajstić information content (AvgIpc) is 3.15. The van der Waals surface area contributed by atoms with E-state index in [2.05, 4.69) is 20.8 Å². The molecule has 1 fully saturated rings. The second-order valence-corrected chi connectivity index (χ2v) is 6.69. The van der Waals surface area contributed by atoms with E-state index in [-0.39, 0.29) is 5.91 Å². The van der Waals surface area contributed by atoms with E-state index in [1.807, 2.05) is 13.8 Å². The number of tetrazole rings is 1. The van der Waals surface area contributed by atoms with Gasteiger partial charge in [-0.05, 0) is 48.6 Å². The summed E-state index contributed by atoms with van der Waals surface area (Å²) in [5, 5.41) is 15.0. The number of hydrogen-bond acceptors (Lipinski definition) is 6. The number of aryl methyl sites for hydroxylation is 1. The lowest BCUT2D eigenvalue weighted by Crippen LogP contribution is -2.32. The van der Waals surface area contributed by atoms with Gasteiger partial charge in [0.15, 0.2) is 0 Å². The van der Waals surface area contributed by atoms with Crippen molar-refractivity contribution >= 4 is 17.2 Å². The summed E-state index contributed by atoms with van der Waals surface area (Å²) < 4.78 is 6.89. The number of aromatic nitrogens is 4. The molecule has 1 aliphatic rings. The summed E-state index contributed by atoms with van der Waals surface area (Å²) in [4.78, 5) is 13.7. The van der Waals surface area contributed by atoms with Crippen LogP contribution in [-0.4, -0.2) is 45.9 Å². The molecule has 118 valence electrons. The van der Waals surface area contributed by atoms with Crippen LogP contribution in [0.5, 0.6) is 0 Å². The van der Waals surface area contributed by atoms with Gasteiger partial charge in [0.2, 0.25) is 0 Å². The first-order valence-corrected chi connectivity index (χ1v) is 8.17. The zero-order valence-corrected chi connectivity index (χ0v) is 13.5. The maximum absolute atomic E-state index is 12.6. The van der Waals surface area contributed by atoms with Crippen LogP contribution in [0.15, 0.2) is 6.33 Å². The van der Waals surface area contributed by atoms with Crippen molar-refractivity contribution in [3.8, 4) is 5.00 Å². The Balaban J connectivity index is 1.77. The minimum absolute atomic E-state index is 0.0566. The van der Waals surface area contributed by atoms with Crippen molar-refractivity contribution in [2.45, 2.75) is 26.7 Å². The van der Waals surface area contributed by atoms with Gasteiger partial charge in [-0.25, -0.2) is 0 Å². The molecule has 0 atom stereocenters. The fourth-order valence-corrected chi connectivity index (χ4v) is 3.64. The SMILES string of the molecule is Cc1sc(-n2cnnn2)c(C(=O)NCC2CCOCC2)c1C. The quantitative estimate of drug-likeness (QED) is 0.923. The van der Waals surface area contributed by atoms with Gasteiger partial charge in [0.25, 0.3) is 5.91 Å². The van der Waals surface area contributed by atoms with Crippen molar-refractivity contribution in [1.82, 2.24) is 25.5 Å². The number of carbonyl (C=O) groups excluding carboxylic acids is 1.